The van der Waals surface area contributed by atoms with Gasteiger partial charge >= 0.3 is 0 Å². The van der Waals surface area contributed by atoms with E-state index in [1.807, 2.05) is 13.1 Å². The quantitative estimate of drug-likeness (QED) is 0.600. The SMILES string of the molecule is Cc1[nH]ncc1CCCNC(=O)c1n[nH]c2c1CNCC2. The van der Waals surface area contributed by atoms with Crippen LogP contribution in [0.2, 0.25) is 0 Å². The fourth-order valence-corrected chi connectivity index (χ4v) is 2.61. The van der Waals surface area contributed by atoms with E-state index in [1.165, 1.54) is 5.56 Å². The van der Waals surface area contributed by atoms with E-state index in [0.717, 1.165) is 42.8 Å². The van der Waals surface area contributed by atoms with Crippen molar-refractivity contribution in [3.8, 4) is 0 Å². The third kappa shape index (κ3) is 2.97. The summed E-state index contributed by atoms with van der Waals surface area (Å²) in [6, 6.07) is 0. The fraction of sp³-hybridized carbons (Fsp3) is 0.500. The van der Waals surface area contributed by atoms with Gasteiger partial charge in [0.15, 0.2) is 5.69 Å². The molecule has 2 aromatic rings. The number of rotatable bonds is 5. The maximum absolute atomic E-state index is 12.2. The second-order valence-electron chi connectivity index (χ2n) is 5.34. The number of hydrogen-bond acceptors (Lipinski definition) is 4. The molecule has 4 N–H and O–H groups in total. The van der Waals surface area contributed by atoms with Crippen molar-refractivity contribution in [3.63, 3.8) is 0 Å². The lowest BCUT2D eigenvalue weighted by atomic mass is 10.1. The zero-order valence-electron chi connectivity index (χ0n) is 12.1. The summed E-state index contributed by atoms with van der Waals surface area (Å²) in [4.78, 5) is 12.2. The van der Waals surface area contributed by atoms with E-state index in [1.54, 1.807) is 0 Å². The molecular weight excluding hydrogens is 268 g/mol. The zero-order chi connectivity index (χ0) is 14.7. The van der Waals surface area contributed by atoms with Crippen molar-refractivity contribution in [2.75, 3.05) is 13.1 Å². The van der Waals surface area contributed by atoms with Crippen molar-refractivity contribution < 1.29 is 4.79 Å². The second kappa shape index (κ2) is 6.09. The van der Waals surface area contributed by atoms with Crippen LogP contribution in [0, 0.1) is 6.92 Å². The lowest BCUT2D eigenvalue weighted by Gasteiger charge is -2.12. The van der Waals surface area contributed by atoms with E-state index in [2.05, 4.69) is 31.0 Å². The van der Waals surface area contributed by atoms with Gasteiger partial charge in [0, 0.05) is 43.0 Å². The Labute approximate surface area is 122 Å². The molecule has 3 rings (SSSR count). The molecule has 0 aromatic carbocycles. The first-order valence-corrected chi connectivity index (χ1v) is 7.29. The number of hydrogen-bond donors (Lipinski definition) is 4. The molecule has 1 aliphatic rings. The van der Waals surface area contributed by atoms with E-state index in [4.69, 9.17) is 0 Å². The molecule has 0 bridgehead atoms. The summed E-state index contributed by atoms with van der Waals surface area (Å²) in [7, 11) is 0. The van der Waals surface area contributed by atoms with Gasteiger partial charge in [-0.3, -0.25) is 15.0 Å². The number of fused-ring (bicyclic) bond motifs is 1. The molecule has 0 saturated carbocycles. The summed E-state index contributed by atoms with van der Waals surface area (Å²) in [5, 5.41) is 20.2. The molecule has 7 heteroatoms. The number of aromatic amines is 2. The van der Waals surface area contributed by atoms with Gasteiger partial charge in [-0.15, -0.1) is 0 Å². The van der Waals surface area contributed by atoms with Crippen LogP contribution in [0.25, 0.3) is 0 Å². The van der Waals surface area contributed by atoms with Gasteiger partial charge < -0.3 is 10.6 Å². The van der Waals surface area contributed by atoms with Crippen LogP contribution in [0.4, 0.5) is 0 Å². The normalized spacial score (nSPS) is 14.0. The highest BCUT2D eigenvalue weighted by molar-refractivity contribution is 5.94. The molecule has 0 spiro atoms. The standard InChI is InChI=1S/C14H20N6O/c1-9-10(7-17-18-9)3-2-5-16-14(21)13-11-8-15-6-4-12(11)19-20-13/h7,15H,2-6,8H2,1H3,(H,16,21)(H,17,18)(H,19,20). The minimum atomic E-state index is -0.0971. The Balaban J connectivity index is 1.50. The third-order valence-electron chi connectivity index (χ3n) is 3.86. The molecule has 1 amide bonds. The number of carbonyl (C=O) groups excluding carboxylic acids is 1. The summed E-state index contributed by atoms with van der Waals surface area (Å²) in [5.41, 5.74) is 4.90. The second-order valence-corrected chi connectivity index (χ2v) is 5.34. The number of nitrogens with one attached hydrogen (secondary N) is 4. The number of amides is 1. The Morgan fingerprint density at radius 3 is 3.14 bits per heavy atom. The Morgan fingerprint density at radius 1 is 1.43 bits per heavy atom. The van der Waals surface area contributed by atoms with E-state index in [-0.39, 0.29) is 5.91 Å². The van der Waals surface area contributed by atoms with Crippen LogP contribution in [-0.2, 0) is 19.4 Å². The average Bonchev–Trinajstić information content (AvgIpc) is 3.10. The number of nitrogens with zero attached hydrogens (tertiary/aromatic N) is 2. The van der Waals surface area contributed by atoms with E-state index in [0.29, 0.717) is 18.8 Å². The van der Waals surface area contributed by atoms with Crippen LogP contribution >= 0.6 is 0 Å². The number of H-pyrrole nitrogens is 2. The first-order valence-electron chi connectivity index (χ1n) is 7.29. The molecule has 0 fully saturated rings. The van der Waals surface area contributed by atoms with Gasteiger partial charge in [0.1, 0.15) is 0 Å². The maximum atomic E-state index is 12.2. The largest absolute Gasteiger partial charge is 0.351 e. The molecular formula is C14H20N6O. The first-order chi connectivity index (χ1) is 10.3. The highest BCUT2D eigenvalue weighted by atomic mass is 16.1. The Bertz CT molecular complexity index is 629. The Kier molecular flexibility index (Phi) is 4.01. The van der Waals surface area contributed by atoms with Crippen LogP contribution < -0.4 is 10.6 Å². The molecule has 7 nitrogen and oxygen atoms in total. The van der Waals surface area contributed by atoms with Crippen molar-refractivity contribution >= 4 is 5.91 Å². The van der Waals surface area contributed by atoms with Gasteiger partial charge in [0.05, 0.1) is 6.20 Å². The molecule has 3 heterocycles. The van der Waals surface area contributed by atoms with Gasteiger partial charge in [-0.05, 0) is 25.3 Å². The highest BCUT2D eigenvalue weighted by Crippen LogP contribution is 2.15. The van der Waals surface area contributed by atoms with Crippen molar-refractivity contribution in [3.05, 3.63) is 34.4 Å². The number of aromatic nitrogens is 4. The summed E-state index contributed by atoms with van der Waals surface area (Å²) < 4.78 is 0. The van der Waals surface area contributed by atoms with Crippen molar-refractivity contribution in [1.29, 1.82) is 0 Å². The first kappa shape index (κ1) is 13.8. The van der Waals surface area contributed by atoms with Gasteiger partial charge in [0.2, 0.25) is 0 Å². The van der Waals surface area contributed by atoms with E-state index in [9.17, 15) is 4.79 Å². The summed E-state index contributed by atoms with van der Waals surface area (Å²) in [5.74, 6) is -0.0971. The average molecular weight is 288 g/mol. The molecule has 2 aromatic heterocycles. The Morgan fingerprint density at radius 2 is 2.33 bits per heavy atom. The van der Waals surface area contributed by atoms with Gasteiger partial charge in [-0.2, -0.15) is 10.2 Å². The van der Waals surface area contributed by atoms with Gasteiger partial charge in [-0.1, -0.05) is 0 Å². The minimum Gasteiger partial charge on any atom is -0.351 e. The molecule has 1 aliphatic heterocycles. The van der Waals surface area contributed by atoms with Crippen LogP contribution in [-0.4, -0.2) is 39.4 Å². The van der Waals surface area contributed by atoms with Crippen LogP contribution in [0.3, 0.4) is 0 Å². The van der Waals surface area contributed by atoms with E-state index >= 15 is 0 Å². The summed E-state index contributed by atoms with van der Waals surface area (Å²) in [6.45, 7) is 4.28. The number of aryl methyl sites for hydroxylation is 2. The van der Waals surface area contributed by atoms with Crippen molar-refractivity contribution in [1.82, 2.24) is 31.0 Å². The lowest BCUT2D eigenvalue weighted by molar-refractivity contribution is 0.0947. The predicted octanol–water partition coefficient (Wildman–Crippen LogP) is 0.450. The lowest BCUT2D eigenvalue weighted by Crippen LogP contribution is -2.29. The van der Waals surface area contributed by atoms with Crippen molar-refractivity contribution in [2.24, 2.45) is 0 Å². The molecule has 0 unspecified atom stereocenters. The van der Waals surface area contributed by atoms with Crippen LogP contribution in [0.1, 0.15) is 39.4 Å². The molecule has 0 saturated heterocycles. The monoisotopic (exact) mass is 288 g/mol. The predicted molar refractivity (Wildman–Crippen MR) is 78.0 cm³/mol. The summed E-state index contributed by atoms with van der Waals surface area (Å²) >= 11 is 0. The smallest absolute Gasteiger partial charge is 0.272 e. The fourth-order valence-electron chi connectivity index (χ4n) is 2.61. The third-order valence-corrected chi connectivity index (χ3v) is 3.86. The molecule has 0 aliphatic carbocycles. The number of carbonyl (C=O) groups is 1. The summed E-state index contributed by atoms with van der Waals surface area (Å²) in [6.07, 6.45) is 4.53. The van der Waals surface area contributed by atoms with E-state index < -0.39 is 0 Å². The van der Waals surface area contributed by atoms with Crippen LogP contribution in [0.15, 0.2) is 6.20 Å². The topological polar surface area (TPSA) is 98.5 Å². The molecule has 0 radical (unpaired) electrons. The molecule has 0 atom stereocenters. The van der Waals surface area contributed by atoms with Crippen LogP contribution in [0.5, 0.6) is 0 Å². The van der Waals surface area contributed by atoms with Gasteiger partial charge in [0.25, 0.3) is 5.91 Å². The molecule has 21 heavy (non-hydrogen) atoms. The minimum absolute atomic E-state index is 0.0971. The highest BCUT2D eigenvalue weighted by Gasteiger charge is 2.20. The van der Waals surface area contributed by atoms with Gasteiger partial charge in [-0.25, -0.2) is 0 Å². The van der Waals surface area contributed by atoms with Crippen molar-refractivity contribution in [2.45, 2.75) is 32.7 Å². The molecule has 112 valence electrons. The Hall–Kier alpha value is -2.15. The maximum Gasteiger partial charge on any atom is 0.272 e. The zero-order valence-corrected chi connectivity index (χ0v) is 12.1.